The lowest BCUT2D eigenvalue weighted by Crippen LogP contribution is -2.39. The molecule has 6 nitrogen and oxygen atoms in total. The lowest BCUT2D eigenvalue weighted by molar-refractivity contribution is 0.0698. The first kappa shape index (κ1) is 24.7. The van der Waals surface area contributed by atoms with Crippen molar-refractivity contribution in [3.05, 3.63) is 59.7 Å². The first-order valence-electron chi connectivity index (χ1n) is 11.6. The lowest BCUT2D eigenvalue weighted by atomic mass is 9.98. The second-order valence-electron chi connectivity index (χ2n) is 8.96. The summed E-state index contributed by atoms with van der Waals surface area (Å²) in [6.07, 6.45) is 2.92. The van der Waals surface area contributed by atoms with Gasteiger partial charge in [-0.2, -0.15) is 0 Å². The van der Waals surface area contributed by atoms with Crippen molar-refractivity contribution in [3.63, 3.8) is 0 Å². The largest absolute Gasteiger partial charge is 0.493 e. The van der Waals surface area contributed by atoms with Gasteiger partial charge in [-0.1, -0.05) is 45.0 Å². The van der Waals surface area contributed by atoms with Crippen LogP contribution in [0, 0.1) is 11.8 Å². The summed E-state index contributed by atoms with van der Waals surface area (Å²) in [5, 5.41) is 5.87. The Morgan fingerprint density at radius 3 is 2.39 bits per heavy atom. The van der Waals surface area contributed by atoms with Crippen LogP contribution >= 0.6 is 12.2 Å². The SMILES string of the molecule is CC(C)CCOc1ccccc1C(=O)NC(=S)Nc1ccccc1C(=O)N1CCC(C)CC1. The van der Waals surface area contributed by atoms with Crippen molar-refractivity contribution in [2.75, 3.05) is 25.0 Å². The summed E-state index contributed by atoms with van der Waals surface area (Å²) in [6, 6.07) is 14.3. The molecule has 2 amide bonds. The number of rotatable bonds is 7. The molecule has 1 heterocycles. The predicted molar refractivity (Wildman–Crippen MR) is 136 cm³/mol. The number of piperidine rings is 1. The third-order valence-corrected chi connectivity index (χ3v) is 5.99. The van der Waals surface area contributed by atoms with E-state index in [9.17, 15) is 9.59 Å². The summed E-state index contributed by atoms with van der Waals surface area (Å²) in [7, 11) is 0. The average molecular weight is 468 g/mol. The minimum atomic E-state index is -0.360. The van der Waals surface area contributed by atoms with Gasteiger partial charge in [0.2, 0.25) is 0 Å². The van der Waals surface area contributed by atoms with Gasteiger partial charge in [0.25, 0.3) is 11.8 Å². The van der Waals surface area contributed by atoms with Crippen molar-refractivity contribution in [2.45, 2.75) is 40.0 Å². The first-order chi connectivity index (χ1) is 15.8. The molecule has 2 aromatic carbocycles. The van der Waals surface area contributed by atoms with E-state index in [2.05, 4.69) is 31.4 Å². The molecule has 1 aliphatic rings. The number of hydrogen-bond acceptors (Lipinski definition) is 4. The Balaban J connectivity index is 1.65. The smallest absolute Gasteiger partial charge is 0.261 e. The molecule has 0 bridgehead atoms. The molecule has 0 radical (unpaired) electrons. The highest BCUT2D eigenvalue weighted by atomic mass is 32.1. The summed E-state index contributed by atoms with van der Waals surface area (Å²) in [5.41, 5.74) is 1.53. The second kappa shape index (κ2) is 11.8. The van der Waals surface area contributed by atoms with Crippen LogP contribution in [-0.2, 0) is 0 Å². The minimum absolute atomic E-state index is 0.0250. The fourth-order valence-electron chi connectivity index (χ4n) is 3.67. The molecule has 176 valence electrons. The van der Waals surface area contributed by atoms with Crippen LogP contribution in [0.2, 0.25) is 0 Å². The highest BCUT2D eigenvalue weighted by Gasteiger charge is 2.23. The summed E-state index contributed by atoms with van der Waals surface area (Å²) < 4.78 is 5.82. The number of nitrogens with one attached hydrogen (secondary N) is 2. The first-order valence-corrected chi connectivity index (χ1v) is 12.0. The predicted octanol–water partition coefficient (Wildman–Crippen LogP) is 5.11. The molecular formula is C26H33N3O3S. The van der Waals surface area contributed by atoms with Gasteiger partial charge in [0.05, 0.1) is 23.4 Å². The number of likely N-dealkylation sites (tertiary alicyclic amines) is 1. The standard InChI is InChI=1S/C26H33N3O3S/c1-18(2)14-17-32-23-11-7-5-9-21(23)24(30)28-26(33)27-22-10-6-4-8-20(22)25(31)29-15-12-19(3)13-16-29/h4-11,18-19H,12-17H2,1-3H3,(H2,27,28,30,33). The van der Waals surface area contributed by atoms with Crippen LogP contribution in [0.25, 0.3) is 0 Å². The van der Waals surface area contributed by atoms with Gasteiger partial charge in [-0.05, 0) is 67.6 Å². The maximum atomic E-state index is 13.1. The van der Waals surface area contributed by atoms with Crippen LogP contribution in [0.1, 0.15) is 60.7 Å². The number of benzene rings is 2. The van der Waals surface area contributed by atoms with Gasteiger partial charge in [0, 0.05) is 13.1 Å². The third kappa shape index (κ3) is 7.02. The fourth-order valence-corrected chi connectivity index (χ4v) is 3.87. The number of carbonyl (C=O) groups is 2. The van der Waals surface area contributed by atoms with E-state index in [4.69, 9.17) is 17.0 Å². The number of amides is 2. The number of carbonyl (C=O) groups excluding carboxylic acids is 2. The van der Waals surface area contributed by atoms with E-state index in [-0.39, 0.29) is 16.9 Å². The number of hydrogen-bond donors (Lipinski definition) is 2. The molecule has 0 atom stereocenters. The number of anilines is 1. The fraction of sp³-hybridized carbons (Fsp3) is 0.423. The quantitative estimate of drug-likeness (QED) is 0.554. The molecule has 3 rings (SSSR count). The van der Waals surface area contributed by atoms with Crippen molar-refractivity contribution in [3.8, 4) is 5.75 Å². The highest BCUT2D eigenvalue weighted by molar-refractivity contribution is 7.80. The van der Waals surface area contributed by atoms with Gasteiger partial charge in [-0.15, -0.1) is 0 Å². The molecule has 0 aromatic heterocycles. The number of nitrogens with zero attached hydrogens (tertiary/aromatic N) is 1. The highest BCUT2D eigenvalue weighted by Crippen LogP contribution is 2.23. The molecule has 0 saturated carbocycles. The Labute approximate surface area is 201 Å². The van der Waals surface area contributed by atoms with Crippen LogP contribution in [0.5, 0.6) is 5.75 Å². The van der Waals surface area contributed by atoms with Crippen LogP contribution < -0.4 is 15.4 Å². The van der Waals surface area contributed by atoms with E-state index in [0.29, 0.717) is 41.0 Å². The number of thiocarbonyl (C=S) groups is 1. The van der Waals surface area contributed by atoms with E-state index in [0.717, 1.165) is 32.4 Å². The maximum absolute atomic E-state index is 13.1. The molecule has 33 heavy (non-hydrogen) atoms. The van der Waals surface area contributed by atoms with E-state index in [1.54, 1.807) is 30.3 Å². The Morgan fingerprint density at radius 2 is 1.70 bits per heavy atom. The molecule has 0 aliphatic carbocycles. The van der Waals surface area contributed by atoms with E-state index < -0.39 is 0 Å². The van der Waals surface area contributed by atoms with Crippen molar-refractivity contribution in [2.24, 2.45) is 11.8 Å². The van der Waals surface area contributed by atoms with Gasteiger partial charge in [-0.25, -0.2) is 0 Å². The Bertz CT molecular complexity index is 984. The van der Waals surface area contributed by atoms with Gasteiger partial charge < -0.3 is 15.0 Å². The van der Waals surface area contributed by atoms with Crippen LogP contribution in [-0.4, -0.2) is 41.5 Å². The third-order valence-electron chi connectivity index (χ3n) is 5.79. The normalized spacial score (nSPS) is 14.1. The van der Waals surface area contributed by atoms with Gasteiger partial charge >= 0.3 is 0 Å². The monoisotopic (exact) mass is 467 g/mol. The van der Waals surface area contributed by atoms with Gasteiger partial charge in [-0.3, -0.25) is 14.9 Å². The zero-order valence-electron chi connectivity index (χ0n) is 19.6. The van der Waals surface area contributed by atoms with E-state index in [1.807, 2.05) is 23.1 Å². The van der Waals surface area contributed by atoms with Crippen molar-refractivity contribution in [1.82, 2.24) is 10.2 Å². The molecule has 0 unspecified atom stereocenters. The molecule has 1 aliphatic heterocycles. The lowest BCUT2D eigenvalue weighted by Gasteiger charge is -2.31. The van der Waals surface area contributed by atoms with Crippen LogP contribution in [0.3, 0.4) is 0 Å². The molecule has 0 spiro atoms. The zero-order chi connectivity index (χ0) is 23.8. The molecule has 2 N–H and O–H groups in total. The average Bonchev–Trinajstić information content (AvgIpc) is 2.79. The van der Waals surface area contributed by atoms with Crippen LogP contribution in [0.15, 0.2) is 48.5 Å². The maximum Gasteiger partial charge on any atom is 0.261 e. The molecule has 1 saturated heterocycles. The summed E-state index contributed by atoms with van der Waals surface area (Å²) in [4.78, 5) is 27.8. The van der Waals surface area contributed by atoms with Crippen molar-refractivity contribution >= 4 is 34.8 Å². The zero-order valence-corrected chi connectivity index (χ0v) is 20.4. The van der Waals surface area contributed by atoms with Crippen LogP contribution in [0.4, 0.5) is 5.69 Å². The molecule has 1 fully saturated rings. The van der Waals surface area contributed by atoms with Gasteiger partial charge in [0.15, 0.2) is 5.11 Å². The molecule has 7 heteroatoms. The molecular weight excluding hydrogens is 434 g/mol. The summed E-state index contributed by atoms with van der Waals surface area (Å²) >= 11 is 5.39. The Hall–Kier alpha value is -2.93. The Morgan fingerprint density at radius 1 is 1.06 bits per heavy atom. The number of ether oxygens (including phenoxy) is 1. The molecule has 2 aromatic rings. The Kier molecular flexibility index (Phi) is 8.83. The minimum Gasteiger partial charge on any atom is -0.493 e. The number of para-hydroxylation sites is 2. The van der Waals surface area contributed by atoms with Crippen molar-refractivity contribution in [1.29, 1.82) is 0 Å². The summed E-state index contributed by atoms with van der Waals surface area (Å²) in [6.45, 7) is 8.51. The van der Waals surface area contributed by atoms with E-state index >= 15 is 0 Å². The second-order valence-corrected chi connectivity index (χ2v) is 9.36. The van der Waals surface area contributed by atoms with Gasteiger partial charge in [0.1, 0.15) is 5.75 Å². The van der Waals surface area contributed by atoms with E-state index in [1.165, 1.54) is 0 Å². The summed E-state index contributed by atoms with van der Waals surface area (Å²) in [5.74, 6) is 1.29. The van der Waals surface area contributed by atoms with Crippen molar-refractivity contribution < 1.29 is 14.3 Å². The topological polar surface area (TPSA) is 70.7 Å².